The minimum absolute atomic E-state index is 0.0509. The predicted octanol–water partition coefficient (Wildman–Crippen LogP) is 8.39. The lowest BCUT2D eigenvalue weighted by molar-refractivity contribution is 0.103. The highest BCUT2D eigenvalue weighted by Crippen LogP contribution is 2.67. The normalized spacial score (nSPS) is 17.0. The van der Waals surface area contributed by atoms with Crippen LogP contribution in [0.2, 0.25) is 5.02 Å². The van der Waals surface area contributed by atoms with Gasteiger partial charge >= 0.3 is 7.60 Å². The van der Waals surface area contributed by atoms with Crippen LogP contribution in [0.25, 0.3) is 0 Å². The van der Waals surface area contributed by atoms with Crippen LogP contribution in [-0.2, 0) is 38.8 Å². The first-order valence-corrected chi connectivity index (χ1v) is 20.6. The summed E-state index contributed by atoms with van der Waals surface area (Å²) in [6, 6.07) is 16.8. The van der Waals surface area contributed by atoms with E-state index in [1.165, 1.54) is 66.7 Å². The molecule has 0 spiro atoms. The number of sulfonamides is 1. The maximum absolute atomic E-state index is 15.4. The summed E-state index contributed by atoms with van der Waals surface area (Å²) in [7, 11) is -13.9. The average Bonchev–Trinajstić information content (AvgIpc) is 3.03. The smallest absolute Gasteiger partial charge is 0.307 e. The summed E-state index contributed by atoms with van der Waals surface area (Å²) in [6.07, 6.45) is 4.98. The van der Waals surface area contributed by atoms with Crippen molar-refractivity contribution in [3.05, 3.63) is 104 Å². The summed E-state index contributed by atoms with van der Waals surface area (Å²) < 4.78 is 87.1. The van der Waals surface area contributed by atoms with Crippen LogP contribution in [0.5, 0.6) is 0 Å². The fourth-order valence-corrected chi connectivity index (χ4v) is 10.9. The molecular weight excluding hydrogens is 737 g/mol. The van der Waals surface area contributed by atoms with Crippen molar-refractivity contribution in [2.75, 3.05) is 13.2 Å². The van der Waals surface area contributed by atoms with Gasteiger partial charge in [0, 0.05) is 20.6 Å². The Morgan fingerprint density at radius 3 is 1.91 bits per heavy atom. The highest BCUT2D eigenvalue weighted by molar-refractivity contribution is 9.10. The first-order valence-electron chi connectivity index (χ1n) is 14.9. The van der Waals surface area contributed by atoms with E-state index >= 15 is 4.57 Å². The molecule has 0 saturated heterocycles. The topological polar surface area (TPSA) is 133 Å². The Morgan fingerprint density at radius 1 is 0.804 bits per heavy atom. The number of halogens is 2. The molecule has 3 aromatic carbocycles. The molecule has 14 heteroatoms. The van der Waals surface area contributed by atoms with E-state index in [1.54, 1.807) is 6.07 Å². The predicted molar refractivity (Wildman–Crippen MR) is 182 cm³/mol. The van der Waals surface area contributed by atoms with Gasteiger partial charge in [-0.1, -0.05) is 91.3 Å². The van der Waals surface area contributed by atoms with Crippen molar-refractivity contribution in [3.8, 4) is 0 Å². The van der Waals surface area contributed by atoms with Gasteiger partial charge in [-0.25, -0.2) is 16.8 Å². The number of fused-ring (bicyclic) bond motifs is 1. The Bertz CT molecular complexity index is 1830. The maximum Gasteiger partial charge on any atom is 0.360 e. The van der Waals surface area contributed by atoms with E-state index in [9.17, 15) is 21.6 Å². The number of ketones is 1. The van der Waals surface area contributed by atoms with Crippen LogP contribution in [0.4, 0.5) is 0 Å². The van der Waals surface area contributed by atoms with Gasteiger partial charge in [-0.2, -0.15) is 4.72 Å². The molecule has 0 fully saturated rings. The molecule has 0 aromatic heterocycles. The highest BCUT2D eigenvalue weighted by atomic mass is 79.9. The first kappa shape index (κ1) is 36.7. The quantitative estimate of drug-likeness (QED) is 0.113. The molecule has 9 nitrogen and oxygen atoms in total. The second-order valence-electron chi connectivity index (χ2n) is 10.7. The van der Waals surface area contributed by atoms with E-state index in [-0.39, 0.29) is 39.2 Å². The number of allylic oxidation sites excluding steroid dienone is 1. The molecule has 1 unspecified atom stereocenters. The summed E-state index contributed by atoms with van der Waals surface area (Å²) >= 11 is 9.30. The molecule has 0 bridgehead atoms. The van der Waals surface area contributed by atoms with Gasteiger partial charge in [0.05, 0.1) is 23.0 Å². The molecule has 1 N–H and O–H groups in total. The second-order valence-corrected chi connectivity index (χ2v) is 17.9. The summed E-state index contributed by atoms with van der Waals surface area (Å²) in [5.74, 6) is -0.896. The monoisotopic (exact) mass is 771 g/mol. The Morgan fingerprint density at radius 2 is 1.35 bits per heavy atom. The molecule has 0 saturated carbocycles. The summed E-state index contributed by atoms with van der Waals surface area (Å²) in [4.78, 5) is 12.7. The molecule has 248 valence electrons. The van der Waals surface area contributed by atoms with Crippen molar-refractivity contribution in [2.24, 2.45) is 0 Å². The number of hydrogen-bond acceptors (Lipinski definition) is 8. The van der Waals surface area contributed by atoms with Crippen molar-refractivity contribution in [1.29, 1.82) is 0 Å². The van der Waals surface area contributed by atoms with Gasteiger partial charge in [0.2, 0.25) is 25.6 Å². The number of hydrogen-bond donors (Lipinski definition) is 1. The first-order chi connectivity index (χ1) is 21.8. The Kier molecular flexibility index (Phi) is 12.3. The van der Waals surface area contributed by atoms with E-state index in [0.717, 1.165) is 31.8 Å². The lowest BCUT2D eigenvalue weighted by Crippen LogP contribution is -2.48. The molecule has 1 atom stereocenters. The van der Waals surface area contributed by atoms with Crippen molar-refractivity contribution in [2.45, 2.75) is 67.4 Å². The summed E-state index contributed by atoms with van der Waals surface area (Å²) in [5, 5.41) is -2.17. The van der Waals surface area contributed by atoms with Gasteiger partial charge in [0.15, 0.2) is 5.28 Å². The summed E-state index contributed by atoms with van der Waals surface area (Å²) in [6.45, 7) is 3.83. The van der Waals surface area contributed by atoms with Crippen LogP contribution >= 0.6 is 35.1 Å². The highest BCUT2D eigenvalue weighted by Gasteiger charge is 2.58. The van der Waals surface area contributed by atoms with Crippen molar-refractivity contribution in [3.63, 3.8) is 0 Å². The molecule has 46 heavy (non-hydrogen) atoms. The lowest BCUT2D eigenvalue weighted by atomic mass is 9.92. The van der Waals surface area contributed by atoms with Gasteiger partial charge in [-0.3, -0.25) is 9.36 Å². The zero-order valence-electron chi connectivity index (χ0n) is 25.4. The molecule has 0 amide bonds. The van der Waals surface area contributed by atoms with Crippen LogP contribution in [0.15, 0.2) is 98.0 Å². The van der Waals surface area contributed by atoms with Gasteiger partial charge in [0.25, 0.3) is 0 Å². The third kappa shape index (κ3) is 7.76. The van der Waals surface area contributed by atoms with Gasteiger partial charge in [0.1, 0.15) is 4.91 Å². The minimum atomic E-state index is -4.71. The van der Waals surface area contributed by atoms with Gasteiger partial charge in [-0.05, 0) is 67.4 Å². The second kappa shape index (κ2) is 15.4. The number of benzene rings is 3. The van der Waals surface area contributed by atoms with Crippen LogP contribution in [0, 0.1) is 0 Å². The molecule has 0 aliphatic heterocycles. The minimum Gasteiger partial charge on any atom is -0.307 e. The van der Waals surface area contributed by atoms with Crippen molar-refractivity contribution >= 4 is 60.8 Å². The maximum atomic E-state index is 15.4. The Labute approximate surface area is 284 Å². The molecule has 4 rings (SSSR count). The SMILES string of the molecule is CCCCCOP(=O)(OCCCCC)C1(NS(=O)(=O)c2ccc(Br)cc2)C=C(S(=O)(=O)c2ccc(Cl)cc2)C(=O)c2ccccc21. The number of nitrogens with one attached hydrogen (secondary N) is 1. The van der Waals surface area contributed by atoms with Gasteiger partial charge in [-0.15, -0.1) is 0 Å². The fraction of sp³-hybridized carbons (Fsp3) is 0.344. The number of Topliss-reactive ketones (excluding diaryl/α,β-unsaturated/α-hetero) is 1. The van der Waals surface area contributed by atoms with E-state index < -0.39 is 43.4 Å². The lowest BCUT2D eigenvalue weighted by Gasteiger charge is -2.40. The van der Waals surface area contributed by atoms with E-state index in [2.05, 4.69) is 20.7 Å². The number of carbonyl (C=O) groups is 1. The number of unbranched alkanes of at least 4 members (excludes halogenated alkanes) is 4. The number of rotatable bonds is 16. The third-order valence-electron chi connectivity index (χ3n) is 7.42. The number of carbonyl (C=O) groups excluding carboxylic acids is 1. The summed E-state index contributed by atoms with van der Waals surface area (Å²) in [5.41, 5.74) is -0.212. The Hall–Kier alpha value is -2.15. The molecule has 0 heterocycles. The van der Waals surface area contributed by atoms with E-state index in [4.69, 9.17) is 20.6 Å². The molecular formula is C32H36BrClNO8PS2. The Balaban J connectivity index is 2.05. The third-order valence-corrected chi connectivity index (χ3v) is 14.0. The van der Waals surface area contributed by atoms with E-state index in [1.807, 2.05) is 13.8 Å². The average molecular weight is 773 g/mol. The standard InChI is InChI=1S/C32H36BrClNO8PS2/c1-3-5-9-21-42-44(37,43-22-10-6-4-2)32(35-46(40,41)27-17-13-24(33)14-18-27)23-30(31(36)28-11-7-8-12-29(28)32)45(38,39)26-19-15-25(34)16-20-26/h7-8,11-20,23,35H,3-6,9-10,21-22H2,1-2H3. The van der Waals surface area contributed by atoms with Crippen LogP contribution in [0.1, 0.15) is 68.3 Å². The van der Waals surface area contributed by atoms with Crippen LogP contribution in [0.3, 0.4) is 0 Å². The van der Waals surface area contributed by atoms with Crippen molar-refractivity contribution < 1.29 is 35.2 Å². The van der Waals surface area contributed by atoms with E-state index in [0.29, 0.717) is 17.3 Å². The van der Waals surface area contributed by atoms with Crippen molar-refractivity contribution in [1.82, 2.24) is 4.72 Å². The fourth-order valence-electron chi connectivity index (χ4n) is 4.98. The molecule has 1 aliphatic rings. The van der Waals surface area contributed by atoms with Gasteiger partial charge < -0.3 is 9.05 Å². The number of sulfone groups is 1. The van der Waals surface area contributed by atoms with Crippen LogP contribution < -0.4 is 4.72 Å². The molecule has 3 aromatic rings. The largest absolute Gasteiger partial charge is 0.360 e. The molecule has 0 radical (unpaired) electrons. The molecule has 1 aliphatic carbocycles. The zero-order chi connectivity index (χ0) is 33.6. The van der Waals surface area contributed by atoms with Crippen LogP contribution in [-0.4, -0.2) is 35.8 Å². The zero-order valence-corrected chi connectivity index (χ0v) is 30.3.